The van der Waals surface area contributed by atoms with Crippen LogP contribution in [0.25, 0.3) is 0 Å². The lowest BCUT2D eigenvalue weighted by molar-refractivity contribution is -0.157. The Morgan fingerprint density at radius 3 is 2.79 bits per heavy atom. The van der Waals surface area contributed by atoms with E-state index in [4.69, 9.17) is 4.74 Å². The van der Waals surface area contributed by atoms with E-state index in [9.17, 15) is 4.79 Å². The summed E-state index contributed by atoms with van der Waals surface area (Å²) >= 11 is 0. The Labute approximate surface area is 114 Å². The first-order chi connectivity index (χ1) is 9.18. The van der Waals surface area contributed by atoms with Gasteiger partial charge in [-0.1, -0.05) is 6.07 Å². The van der Waals surface area contributed by atoms with Gasteiger partial charge >= 0.3 is 0 Å². The molecule has 0 bridgehead atoms. The average Bonchev–Trinajstić information content (AvgIpc) is 2.48. The van der Waals surface area contributed by atoms with E-state index in [-0.39, 0.29) is 5.91 Å². The highest BCUT2D eigenvalue weighted by molar-refractivity contribution is 5.85. The van der Waals surface area contributed by atoms with Crippen molar-refractivity contribution in [3.05, 3.63) is 30.1 Å². The van der Waals surface area contributed by atoms with E-state index in [1.165, 1.54) is 0 Å². The van der Waals surface area contributed by atoms with Gasteiger partial charge < -0.3 is 15.0 Å². The quantitative estimate of drug-likeness (QED) is 0.873. The summed E-state index contributed by atoms with van der Waals surface area (Å²) in [5.74, 6) is 0.0437. The molecule has 1 fully saturated rings. The molecule has 5 heteroatoms. The molecule has 1 aromatic heterocycles. The summed E-state index contributed by atoms with van der Waals surface area (Å²) in [6.45, 7) is 2.15. The third-order valence-corrected chi connectivity index (χ3v) is 3.66. The number of carbonyl (C=O) groups excluding carboxylic acids is 1. The Kier molecular flexibility index (Phi) is 4.50. The predicted molar refractivity (Wildman–Crippen MR) is 72.6 cm³/mol. The molecule has 0 atom stereocenters. The Bertz CT molecular complexity index is 416. The molecule has 5 nitrogen and oxygen atoms in total. The van der Waals surface area contributed by atoms with E-state index in [1.54, 1.807) is 25.3 Å². The van der Waals surface area contributed by atoms with Crippen LogP contribution in [0.15, 0.2) is 24.4 Å². The SMILES string of the molecule is COC1(C(=O)N(C)Cc2ccccn2)CCNCC1. The Morgan fingerprint density at radius 1 is 1.47 bits per heavy atom. The van der Waals surface area contributed by atoms with Gasteiger partial charge in [-0.15, -0.1) is 0 Å². The van der Waals surface area contributed by atoms with Crippen molar-refractivity contribution >= 4 is 5.91 Å². The zero-order valence-corrected chi connectivity index (χ0v) is 11.6. The van der Waals surface area contributed by atoms with Crippen molar-refractivity contribution in [1.29, 1.82) is 0 Å². The van der Waals surface area contributed by atoms with E-state index in [2.05, 4.69) is 10.3 Å². The molecular weight excluding hydrogens is 242 g/mol. The second-order valence-corrected chi connectivity index (χ2v) is 4.93. The Morgan fingerprint density at radius 2 is 2.21 bits per heavy atom. The van der Waals surface area contributed by atoms with Crippen molar-refractivity contribution in [3.63, 3.8) is 0 Å². The van der Waals surface area contributed by atoms with Crippen LogP contribution in [-0.4, -0.2) is 48.6 Å². The summed E-state index contributed by atoms with van der Waals surface area (Å²) in [5.41, 5.74) is 0.216. The smallest absolute Gasteiger partial charge is 0.255 e. The predicted octanol–water partition coefficient (Wildman–Crippen LogP) is 0.809. The fourth-order valence-electron chi connectivity index (χ4n) is 2.49. The summed E-state index contributed by atoms with van der Waals surface area (Å²) in [6.07, 6.45) is 3.17. The molecule has 1 aliphatic rings. The number of hydrogen-bond donors (Lipinski definition) is 1. The number of pyridine rings is 1. The number of rotatable bonds is 4. The second-order valence-electron chi connectivity index (χ2n) is 4.93. The van der Waals surface area contributed by atoms with Crippen molar-refractivity contribution in [2.45, 2.75) is 25.0 Å². The molecule has 0 aliphatic carbocycles. The molecule has 1 saturated heterocycles. The van der Waals surface area contributed by atoms with Crippen LogP contribution in [0.4, 0.5) is 0 Å². The van der Waals surface area contributed by atoms with Gasteiger partial charge in [0.25, 0.3) is 5.91 Å². The molecule has 2 rings (SSSR count). The minimum Gasteiger partial charge on any atom is -0.368 e. The van der Waals surface area contributed by atoms with Crippen LogP contribution in [0, 0.1) is 0 Å². The van der Waals surface area contributed by atoms with Crippen molar-refractivity contribution in [2.75, 3.05) is 27.2 Å². The maximum Gasteiger partial charge on any atom is 0.255 e. The largest absolute Gasteiger partial charge is 0.368 e. The summed E-state index contributed by atoms with van der Waals surface area (Å²) in [6, 6.07) is 5.72. The fourth-order valence-corrected chi connectivity index (χ4v) is 2.49. The lowest BCUT2D eigenvalue weighted by Gasteiger charge is -2.37. The zero-order valence-electron chi connectivity index (χ0n) is 11.6. The Hall–Kier alpha value is -1.46. The molecular formula is C14H21N3O2. The van der Waals surface area contributed by atoms with Crippen LogP contribution in [-0.2, 0) is 16.1 Å². The topological polar surface area (TPSA) is 54.5 Å². The fraction of sp³-hybridized carbons (Fsp3) is 0.571. The van der Waals surface area contributed by atoms with Crippen LogP contribution >= 0.6 is 0 Å². The van der Waals surface area contributed by atoms with Crippen molar-refractivity contribution in [3.8, 4) is 0 Å². The molecule has 1 aliphatic heterocycles. The summed E-state index contributed by atoms with van der Waals surface area (Å²) in [5, 5.41) is 3.25. The first-order valence-electron chi connectivity index (χ1n) is 6.59. The first-order valence-corrected chi connectivity index (χ1v) is 6.59. The molecule has 1 N–H and O–H groups in total. The van der Waals surface area contributed by atoms with Crippen LogP contribution in [0.1, 0.15) is 18.5 Å². The van der Waals surface area contributed by atoms with Gasteiger partial charge in [-0.2, -0.15) is 0 Å². The molecule has 104 valence electrons. The molecule has 0 spiro atoms. The zero-order chi connectivity index (χ0) is 13.7. The molecule has 0 radical (unpaired) electrons. The highest BCUT2D eigenvalue weighted by Crippen LogP contribution is 2.25. The van der Waals surface area contributed by atoms with Gasteiger partial charge in [-0.3, -0.25) is 9.78 Å². The third kappa shape index (κ3) is 3.11. The van der Waals surface area contributed by atoms with Gasteiger partial charge in [0.1, 0.15) is 5.60 Å². The van der Waals surface area contributed by atoms with Gasteiger partial charge in [-0.25, -0.2) is 0 Å². The van der Waals surface area contributed by atoms with E-state index >= 15 is 0 Å². The molecule has 0 aromatic carbocycles. The van der Waals surface area contributed by atoms with Crippen LogP contribution in [0.2, 0.25) is 0 Å². The lowest BCUT2D eigenvalue weighted by atomic mass is 9.90. The van der Waals surface area contributed by atoms with Gasteiger partial charge in [0.2, 0.25) is 0 Å². The molecule has 1 amide bonds. The number of amides is 1. The van der Waals surface area contributed by atoms with Gasteiger partial charge in [-0.05, 0) is 38.1 Å². The third-order valence-electron chi connectivity index (χ3n) is 3.66. The van der Waals surface area contributed by atoms with E-state index in [0.717, 1.165) is 31.6 Å². The Balaban J connectivity index is 2.05. The minimum atomic E-state index is -0.672. The molecule has 19 heavy (non-hydrogen) atoms. The van der Waals surface area contributed by atoms with Crippen molar-refractivity contribution < 1.29 is 9.53 Å². The molecule has 1 aromatic rings. The standard InChI is InChI=1S/C14H21N3O2/c1-17(11-12-5-3-4-8-16-12)13(18)14(19-2)6-9-15-10-7-14/h3-5,8,15H,6-7,9-11H2,1-2H3. The van der Waals surface area contributed by atoms with Gasteiger partial charge in [0.15, 0.2) is 0 Å². The van der Waals surface area contributed by atoms with Crippen LogP contribution < -0.4 is 5.32 Å². The van der Waals surface area contributed by atoms with E-state index < -0.39 is 5.60 Å². The number of likely N-dealkylation sites (N-methyl/N-ethyl adjacent to an activating group) is 1. The maximum absolute atomic E-state index is 12.6. The number of methoxy groups -OCH3 is 1. The normalized spacial score (nSPS) is 18.0. The number of carbonyl (C=O) groups is 1. The van der Waals surface area contributed by atoms with Gasteiger partial charge in [0.05, 0.1) is 12.2 Å². The minimum absolute atomic E-state index is 0.0437. The van der Waals surface area contributed by atoms with Crippen LogP contribution in [0.3, 0.4) is 0 Å². The molecule has 0 unspecified atom stereocenters. The second kappa shape index (κ2) is 6.12. The summed E-state index contributed by atoms with van der Waals surface area (Å²) < 4.78 is 5.55. The molecule has 0 saturated carbocycles. The summed E-state index contributed by atoms with van der Waals surface area (Å²) in [7, 11) is 3.43. The monoisotopic (exact) mass is 263 g/mol. The molecule has 2 heterocycles. The number of nitrogens with one attached hydrogen (secondary N) is 1. The lowest BCUT2D eigenvalue weighted by Crippen LogP contribution is -2.54. The number of ether oxygens (including phenoxy) is 1. The van der Waals surface area contributed by atoms with Gasteiger partial charge in [0, 0.05) is 20.4 Å². The number of aromatic nitrogens is 1. The maximum atomic E-state index is 12.6. The summed E-state index contributed by atoms with van der Waals surface area (Å²) in [4.78, 5) is 18.6. The van der Waals surface area contributed by atoms with Crippen molar-refractivity contribution in [1.82, 2.24) is 15.2 Å². The number of nitrogens with zero attached hydrogens (tertiary/aromatic N) is 2. The number of piperidine rings is 1. The first kappa shape index (κ1) is 14.0. The van der Waals surface area contributed by atoms with Crippen LogP contribution in [0.5, 0.6) is 0 Å². The number of hydrogen-bond acceptors (Lipinski definition) is 4. The average molecular weight is 263 g/mol. The van der Waals surface area contributed by atoms with Crippen molar-refractivity contribution in [2.24, 2.45) is 0 Å². The van der Waals surface area contributed by atoms with E-state index in [1.807, 2.05) is 18.2 Å². The van der Waals surface area contributed by atoms with E-state index in [0.29, 0.717) is 6.54 Å². The highest BCUT2D eigenvalue weighted by atomic mass is 16.5. The highest BCUT2D eigenvalue weighted by Gasteiger charge is 2.41.